The van der Waals surface area contributed by atoms with Crippen LogP contribution in [0.2, 0.25) is 0 Å². The van der Waals surface area contributed by atoms with E-state index in [9.17, 15) is 9.90 Å². The van der Waals surface area contributed by atoms with Crippen LogP contribution in [0.1, 0.15) is 5.56 Å². The minimum Gasteiger partial charge on any atom is -0.506 e. The van der Waals surface area contributed by atoms with E-state index in [0.29, 0.717) is 14.5 Å². The van der Waals surface area contributed by atoms with Crippen LogP contribution >= 0.6 is 31.9 Å². The Balaban J connectivity index is 3.07. The molecule has 1 rings (SSSR count). The summed E-state index contributed by atoms with van der Waals surface area (Å²) in [5.74, 6) is -0.914. The van der Waals surface area contributed by atoms with Gasteiger partial charge < -0.3 is 10.2 Å². The Kier molecular flexibility index (Phi) is 3.71. The molecule has 0 aliphatic rings. The van der Waals surface area contributed by atoms with Gasteiger partial charge in [-0.3, -0.25) is 0 Å². The Morgan fingerprint density at radius 3 is 2.21 bits per heavy atom. The van der Waals surface area contributed by atoms with E-state index in [4.69, 9.17) is 5.11 Å². The van der Waals surface area contributed by atoms with E-state index >= 15 is 0 Å². The molecule has 0 saturated heterocycles. The van der Waals surface area contributed by atoms with Crippen LogP contribution in [0.4, 0.5) is 0 Å². The van der Waals surface area contributed by atoms with Crippen LogP contribution in [0.3, 0.4) is 0 Å². The van der Waals surface area contributed by atoms with Gasteiger partial charge in [0.2, 0.25) is 0 Å². The first-order chi connectivity index (χ1) is 6.50. The average molecular weight is 322 g/mol. The highest BCUT2D eigenvalue weighted by Crippen LogP contribution is 2.33. The molecule has 0 bridgehead atoms. The summed E-state index contributed by atoms with van der Waals surface area (Å²) >= 11 is 6.29. The third kappa shape index (κ3) is 2.85. The van der Waals surface area contributed by atoms with Gasteiger partial charge in [0.25, 0.3) is 0 Å². The molecule has 1 aromatic rings. The summed E-state index contributed by atoms with van der Waals surface area (Å²) in [7, 11) is 0. The number of carbonyl (C=O) groups is 1. The fourth-order valence-corrected chi connectivity index (χ4v) is 2.07. The molecule has 0 atom stereocenters. The van der Waals surface area contributed by atoms with Crippen molar-refractivity contribution in [2.75, 3.05) is 0 Å². The largest absolute Gasteiger partial charge is 0.506 e. The highest BCUT2D eigenvalue weighted by Gasteiger charge is 2.04. The van der Waals surface area contributed by atoms with Crippen molar-refractivity contribution in [2.24, 2.45) is 0 Å². The molecule has 0 aliphatic carbocycles. The third-order valence-electron chi connectivity index (χ3n) is 1.46. The number of benzene rings is 1. The van der Waals surface area contributed by atoms with Crippen LogP contribution < -0.4 is 0 Å². The molecule has 0 fully saturated rings. The number of carboxylic acids is 1. The van der Waals surface area contributed by atoms with Crippen LogP contribution in [0.15, 0.2) is 27.2 Å². The van der Waals surface area contributed by atoms with Crippen molar-refractivity contribution in [3.63, 3.8) is 0 Å². The molecule has 3 nitrogen and oxygen atoms in total. The van der Waals surface area contributed by atoms with Crippen LogP contribution in [0.25, 0.3) is 6.08 Å². The maximum atomic E-state index is 10.2. The second-order valence-electron chi connectivity index (χ2n) is 2.50. The summed E-state index contributed by atoms with van der Waals surface area (Å²) < 4.78 is 1.02. The lowest BCUT2D eigenvalue weighted by molar-refractivity contribution is -0.131. The van der Waals surface area contributed by atoms with E-state index in [0.717, 1.165) is 6.08 Å². The lowest BCUT2D eigenvalue weighted by atomic mass is 10.2. The Hall–Kier alpha value is -0.810. The number of rotatable bonds is 2. The summed E-state index contributed by atoms with van der Waals surface area (Å²) in [6, 6.07) is 3.25. The van der Waals surface area contributed by atoms with Gasteiger partial charge in [0.15, 0.2) is 0 Å². The molecule has 0 radical (unpaired) electrons. The van der Waals surface area contributed by atoms with Crippen LogP contribution in [-0.2, 0) is 4.79 Å². The molecular formula is C9H6Br2O3. The van der Waals surface area contributed by atoms with Crippen LogP contribution in [-0.4, -0.2) is 16.2 Å². The summed E-state index contributed by atoms with van der Waals surface area (Å²) in [6.07, 6.45) is 2.47. The smallest absolute Gasteiger partial charge is 0.328 e. The summed E-state index contributed by atoms with van der Waals surface area (Å²) in [5, 5.41) is 17.8. The normalized spacial score (nSPS) is 10.7. The van der Waals surface area contributed by atoms with Gasteiger partial charge in [-0.05, 0) is 55.6 Å². The lowest BCUT2D eigenvalue weighted by Gasteiger charge is -2.01. The number of hydrogen-bond acceptors (Lipinski definition) is 2. The van der Waals surface area contributed by atoms with Crippen molar-refractivity contribution in [3.8, 4) is 5.75 Å². The number of phenols is 1. The van der Waals surface area contributed by atoms with Crippen molar-refractivity contribution in [1.29, 1.82) is 0 Å². The second-order valence-corrected chi connectivity index (χ2v) is 4.21. The maximum Gasteiger partial charge on any atom is 0.328 e. The first kappa shape index (κ1) is 11.3. The molecule has 0 saturated carbocycles. The van der Waals surface area contributed by atoms with E-state index in [1.807, 2.05) is 0 Å². The Morgan fingerprint density at radius 1 is 1.29 bits per heavy atom. The second kappa shape index (κ2) is 4.61. The van der Waals surface area contributed by atoms with E-state index in [2.05, 4.69) is 31.9 Å². The summed E-state index contributed by atoms with van der Waals surface area (Å²) in [4.78, 5) is 10.2. The quantitative estimate of drug-likeness (QED) is 0.823. The fourth-order valence-electron chi connectivity index (χ4n) is 0.849. The zero-order valence-corrected chi connectivity index (χ0v) is 10.0. The molecule has 2 N–H and O–H groups in total. The molecule has 0 aliphatic heterocycles. The number of phenolic OH excluding ortho intramolecular Hbond substituents is 1. The molecule has 0 unspecified atom stereocenters. The first-order valence-electron chi connectivity index (χ1n) is 3.59. The van der Waals surface area contributed by atoms with E-state index in [1.54, 1.807) is 12.1 Å². The average Bonchev–Trinajstić information content (AvgIpc) is 2.10. The number of carboxylic acid groups (broad SMARTS) is 1. The van der Waals surface area contributed by atoms with E-state index < -0.39 is 5.97 Å². The van der Waals surface area contributed by atoms with Gasteiger partial charge in [-0.25, -0.2) is 4.79 Å². The minimum absolute atomic E-state index is 0.0949. The molecule has 5 heteroatoms. The first-order valence-corrected chi connectivity index (χ1v) is 5.18. The predicted molar refractivity (Wildman–Crippen MR) is 60.2 cm³/mol. The standard InChI is InChI=1S/C9H6Br2O3/c10-6-3-5(1-2-8(12)13)4-7(11)9(6)14/h1-4,14H,(H,12,13)/b2-1+. The maximum absolute atomic E-state index is 10.2. The minimum atomic E-state index is -1.01. The van der Waals surface area contributed by atoms with Crippen molar-refractivity contribution in [2.45, 2.75) is 0 Å². The van der Waals surface area contributed by atoms with Gasteiger partial charge in [-0.2, -0.15) is 0 Å². The molecule has 14 heavy (non-hydrogen) atoms. The predicted octanol–water partition coefficient (Wildman–Crippen LogP) is 3.02. The Morgan fingerprint density at radius 2 is 1.79 bits per heavy atom. The zero-order chi connectivity index (χ0) is 10.7. The number of aliphatic carboxylic acids is 1. The van der Waals surface area contributed by atoms with Crippen molar-refractivity contribution < 1.29 is 15.0 Å². The van der Waals surface area contributed by atoms with Crippen LogP contribution in [0.5, 0.6) is 5.75 Å². The Labute approximate surface area is 97.3 Å². The topological polar surface area (TPSA) is 57.5 Å². The third-order valence-corrected chi connectivity index (χ3v) is 2.67. The SMILES string of the molecule is O=C(O)/C=C/c1cc(Br)c(O)c(Br)c1. The van der Waals surface area contributed by atoms with E-state index in [1.165, 1.54) is 6.08 Å². The van der Waals surface area contributed by atoms with Crippen molar-refractivity contribution in [3.05, 3.63) is 32.7 Å². The monoisotopic (exact) mass is 320 g/mol. The van der Waals surface area contributed by atoms with Gasteiger partial charge in [-0.15, -0.1) is 0 Å². The van der Waals surface area contributed by atoms with Gasteiger partial charge in [0, 0.05) is 6.08 Å². The highest BCUT2D eigenvalue weighted by atomic mass is 79.9. The molecular weight excluding hydrogens is 316 g/mol. The Bertz CT molecular complexity index is 376. The molecule has 74 valence electrons. The molecule has 0 spiro atoms. The van der Waals surface area contributed by atoms with E-state index in [-0.39, 0.29) is 5.75 Å². The highest BCUT2D eigenvalue weighted by molar-refractivity contribution is 9.11. The van der Waals surface area contributed by atoms with Crippen molar-refractivity contribution >= 4 is 43.9 Å². The molecule has 0 amide bonds. The summed E-state index contributed by atoms with van der Waals surface area (Å²) in [5.41, 5.74) is 0.684. The molecule has 1 aromatic carbocycles. The molecule has 0 heterocycles. The number of aromatic hydroxyl groups is 1. The van der Waals surface area contributed by atoms with Gasteiger partial charge >= 0.3 is 5.97 Å². The molecule has 0 aromatic heterocycles. The zero-order valence-electron chi connectivity index (χ0n) is 6.87. The fraction of sp³-hybridized carbons (Fsp3) is 0. The van der Waals surface area contributed by atoms with Gasteiger partial charge in [-0.1, -0.05) is 0 Å². The number of hydrogen-bond donors (Lipinski definition) is 2. The summed E-state index contributed by atoms with van der Waals surface area (Å²) in [6.45, 7) is 0. The van der Waals surface area contributed by atoms with Crippen molar-refractivity contribution in [1.82, 2.24) is 0 Å². The van der Waals surface area contributed by atoms with Crippen LogP contribution in [0, 0.1) is 0 Å². The lowest BCUT2D eigenvalue weighted by Crippen LogP contribution is -1.85. The van der Waals surface area contributed by atoms with Gasteiger partial charge in [0.1, 0.15) is 5.75 Å². The number of halogens is 2. The van der Waals surface area contributed by atoms with Gasteiger partial charge in [0.05, 0.1) is 8.95 Å².